The zero-order valence-electron chi connectivity index (χ0n) is 36.1. The van der Waals surface area contributed by atoms with Gasteiger partial charge >= 0.3 is 6.03 Å². The minimum absolute atomic E-state index is 0.0120. The van der Waals surface area contributed by atoms with E-state index in [-0.39, 0.29) is 66.3 Å². The molecule has 13 heteroatoms. The third-order valence-electron chi connectivity index (χ3n) is 11.6. The predicted molar refractivity (Wildman–Crippen MR) is 226 cm³/mol. The summed E-state index contributed by atoms with van der Waals surface area (Å²) in [4.78, 5) is 53.5. The second kappa shape index (κ2) is 23.5. The number of urea groups is 1. The highest BCUT2D eigenvalue weighted by molar-refractivity contribution is 5.93. The topological polar surface area (TPSA) is 196 Å². The molecule has 2 saturated carbocycles. The summed E-state index contributed by atoms with van der Waals surface area (Å²) in [6.07, 6.45) is 7.86. The van der Waals surface area contributed by atoms with E-state index < -0.39 is 23.7 Å². The summed E-state index contributed by atoms with van der Waals surface area (Å²) in [5, 5.41) is 12.5. The number of hydrogen-bond donors (Lipinski definition) is 6. The van der Waals surface area contributed by atoms with E-state index in [0.29, 0.717) is 51.8 Å². The first-order valence-corrected chi connectivity index (χ1v) is 21.4. The van der Waals surface area contributed by atoms with Gasteiger partial charge in [0.2, 0.25) is 5.91 Å². The number of anilines is 1. The molecule has 0 saturated heterocycles. The van der Waals surface area contributed by atoms with Gasteiger partial charge < -0.3 is 41.6 Å². The van der Waals surface area contributed by atoms with Crippen molar-refractivity contribution in [3.8, 4) is 0 Å². The standard InChI is InChI=1S/C44H76N6O7/c1-31(2)38(50-44(20-8-9-21-44)37(51)19-24-55-26-28-57-29-27-56-25-23-48-42(3,4)5)40(53)49-36(18-22-47-41(46)54)39(52)33-12-10-32(11-13-33)30-43(6,7)34-14-16-35(45)17-15-34/h14-17,31-33,36,38,48,50H,8-13,18-30,45H2,1-7H3,(H,49,53)(H3,46,47,54)/t32?,33?,36-,38-/m0/s1. The van der Waals surface area contributed by atoms with Gasteiger partial charge in [-0.1, -0.05) is 52.7 Å². The molecule has 0 radical (unpaired) electrons. The van der Waals surface area contributed by atoms with Crippen LogP contribution in [-0.4, -0.2) is 99.4 Å². The number of nitrogens with two attached hydrogens (primary N) is 2. The lowest BCUT2D eigenvalue weighted by Crippen LogP contribution is -2.61. The molecule has 2 aliphatic carbocycles. The van der Waals surface area contributed by atoms with Crippen LogP contribution in [0.3, 0.4) is 0 Å². The van der Waals surface area contributed by atoms with Gasteiger partial charge in [0.15, 0.2) is 11.6 Å². The average Bonchev–Trinajstić information content (AvgIpc) is 3.63. The summed E-state index contributed by atoms with van der Waals surface area (Å²) in [6.45, 7) is 18.4. The molecule has 2 aliphatic rings. The number of benzene rings is 1. The van der Waals surface area contributed by atoms with Gasteiger partial charge in [-0.2, -0.15) is 0 Å². The Bertz CT molecular complexity index is 1380. The van der Waals surface area contributed by atoms with Crippen LogP contribution in [0.5, 0.6) is 0 Å². The van der Waals surface area contributed by atoms with Crippen LogP contribution in [0.4, 0.5) is 10.5 Å². The van der Waals surface area contributed by atoms with Crippen LogP contribution in [0.2, 0.25) is 0 Å². The molecule has 0 aliphatic heterocycles. The van der Waals surface area contributed by atoms with Gasteiger partial charge in [0.25, 0.3) is 0 Å². The largest absolute Gasteiger partial charge is 0.399 e. The number of nitrogen functional groups attached to an aromatic ring is 1. The molecule has 8 N–H and O–H groups in total. The molecule has 2 fully saturated rings. The first-order chi connectivity index (χ1) is 26.9. The Kier molecular flexibility index (Phi) is 19.9. The second-order valence-corrected chi connectivity index (χ2v) is 18.3. The van der Waals surface area contributed by atoms with Crippen LogP contribution in [-0.2, 0) is 34.0 Å². The summed E-state index contributed by atoms with van der Waals surface area (Å²) in [7, 11) is 0. The molecule has 1 aromatic rings. The van der Waals surface area contributed by atoms with Crippen LogP contribution in [0, 0.1) is 17.8 Å². The zero-order valence-corrected chi connectivity index (χ0v) is 36.1. The Hall–Kier alpha value is -3.10. The van der Waals surface area contributed by atoms with Crippen LogP contribution in [0.25, 0.3) is 0 Å². The molecule has 0 spiro atoms. The van der Waals surface area contributed by atoms with Gasteiger partial charge in [-0.15, -0.1) is 0 Å². The Morgan fingerprint density at radius 1 is 0.825 bits per heavy atom. The lowest BCUT2D eigenvalue weighted by Gasteiger charge is -2.37. The second-order valence-electron chi connectivity index (χ2n) is 18.3. The van der Waals surface area contributed by atoms with Crippen LogP contribution in [0.15, 0.2) is 24.3 Å². The van der Waals surface area contributed by atoms with Crippen molar-refractivity contribution >= 4 is 29.2 Å². The molecule has 2 atom stereocenters. The van der Waals surface area contributed by atoms with Crippen molar-refractivity contribution in [3.05, 3.63) is 29.8 Å². The fourth-order valence-corrected chi connectivity index (χ4v) is 8.36. The van der Waals surface area contributed by atoms with E-state index in [9.17, 15) is 19.2 Å². The van der Waals surface area contributed by atoms with Crippen molar-refractivity contribution in [2.45, 2.75) is 148 Å². The van der Waals surface area contributed by atoms with E-state index in [4.69, 9.17) is 25.7 Å². The number of hydrogen-bond acceptors (Lipinski definition) is 10. The SMILES string of the molecule is CC(C)[C@H](NC1(C(=O)CCOCCOCCOCCNC(C)(C)C)CCCC1)C(=O)N[C@@H](CCNC(N)=O)C(=O)C1CCC(CC(C)(C)c2ccc(N)cc2)CC1. The maximum Gasteiger partial charge on any atom is 0.312 e. The summed E-state index contributed by atoms with van der Waals surface area (Å²) in [5.41, 5.74) is 12.5. The third-order valence-corrected chi connectivity index (χ3v) is 11.6. The van der Waals surface area contributed by atoms with E-state index in [1.165, 1.54) is 5.56 Å². The van der Waals surface area contributed by atoms with Crippen LogP contribution < -0.4 is 32.7 Å². The maximum atomic E-state index is 14.1. The number of Topliss-reactive ketones (excluding diaryl/α,β-unsaturated/α-hetero) is 2. The van der Waals surface area contributed by atoms with Gasteiger partial charge in [0.05, 0.1) is 57.3 Å². The monoisotopic (exact) mass is 801 g/mol. The number of carbonyl (C=O) groups is 4. The average molecular weight is 801 g/mol. The first kappa shape index (κ1) is 48.3. The fourth-order valence-electron chi connectivity index (χ4n) is 8.36. The molecule has 1 aromatic carbocycles. The lowest BCUT2D eigenvalue weighted by atomic mass is 9.70. The van der Waals surface area contributed by atoms with E-state index in [1.54, 1.807) is 0 Å². The van der Waals surface area contributed by atoms with Crippen LogP contribution in [0.1, 0.15) is 125 Å². The Balaban J connectivity index is 1.52. The molecule has 57 heavy (non-hydrogen) atoms. The van der Waals surface area contributed by atoms with E-state index in [2.05, 4.69) is 68.0 Å². The van der Waals surface area contributed by atoms with Gasteiger partial charge in [-0.05, 0) is 107 Å². The molecule has 0 aromatic heterocycles. The van der Waals surface area contributed by atoms with Crippen LogP contribution >= 0.6 is 0 Å². The number of primary amides is 1. The smallest absolute Gasteiger partial charge is 0.312 e. The molecular weight excluding hydrogens is 725 g/mol. The fraction of sp³-hybridized carbons (Fsp3) is 0.773. The van der Waals surface area contributed by atoms with Gasteiger partial charge in [-0.3, -0.25) is 19.7 Å². The van der Waals surface area contributed by atoms with Gasteiger partial charge in [0.1, 0.15) is 0 Å². The van der Waals surface area contributed by atoms with Crippen molar-refractivity contribution in [1.29, 1.82) is 0 Å². The molecule has 0 bridgehead atoms. The van der Waals surface area contributed by atoms with Gasteiger partial charge in [0, 0.05) is 36.7 Å². The molecule has 13 nitrogen and oxygen atoms in total. The normalized spacial score (nSPS) is 19.6. The minimum atomic E-state index is -0.836. The minimum Gasteiger partial charge on any atom is -0.399 e. The number of ether oxygens (including phenoxy) is 3. The molecule has 0 unspecified atom stereocenters. The first-order valence-electron chi connectivity index (χ1n) is 21.4. The number of ketones is 2. The molecule has 0 heterocycles. The lowest BCUT2D eigenvalue weighted by molar-refractivity contribution is -0.134. The van der Waals surface area contributed by atoms with Gasteiger partial charge in [-0.25, -0.2) is 4.79 Å². The number of rotatable bonds is 26. The quantitative estimate of drug-likeness (QED) is 0.0537. The summed E-state index contributed by atoms with van der Waals surface area (Å²) in [5.74, 6) is -0.151. The van der Waals surface area contributed by atoms with Crippen molar-refractivity contribution in [1.82, 2.24) is 21.3 Å². The number of carbonyl (C=O) groups excluding carboxylic acids is 4. The Morgan fingerprint density at radius 3 is 1.96 bits per heavy atom. The van der Waals surface area contributed by atoms with Crippen molar-refractivity contribution < 1.29 is 33.4 Å². The van der Waals surface area contributed by atoms with Crippen molar-refractivity contribution in [2.75, 3.05) is 58.5 Å². The zero-order chi connectivity index (χ0) is 42.1. The molecular formula is C44H76N6O7. The van der Waals surface area contributed by atoms with Crippen molar-refractivity contribution in [2.24, 2.45) is 23.5 Å². The molecule has 3 rings (SSSR count). The Morgan fingerprint density at radius 2 is 1.40 bits per heavy atom. The van der Waals surface area contributed by atoms with E-state index in [0.717, 1.165) is 57.2 Å². The summed E-state index contributed by atoms with van der Waals surface area (Å²) >= 11 is 0. The van der Waals surface area contributed by atoms with E-state index in [1.807, 2.05) is 26.0 Å². The summed E-state index contributed by atoms with van der Waals surface area (Å²) in [6, 6.07) is 5.92. The highest BCUT2D eigenvalue weighted by Gasteiger charge is 2.44. The Labute approximate surface area is 342 Å². The highest BCUT2D eigenvalue weighted by Crippen LogP contribution is 2.39. The number of amides is 3. The predicted octanol–water partition coefficient (Wildman–Crippen LogP) is 5.18. The number of nitrogens with one attached hydrogen (secondary N) is 4. The third kappa shape index (κ3) is 17.0. The summed E-state index contributed by atoms with van der Waals surface area (Å²) < 4.78 is 17.0. The highest BCUT2D eigenvalue weighted by atomic mass is 16.5. The molecule has 324 valence electrons. The van der Waals surface area contributed by atoms with Crippen molar-refractivity contribution in [3.63, 3.8) is 0 Å². The van der Waals surface area contributed by atoms with E-state index >= 15 is 0 Å². The molecule has 3 amide bonds. The maximum absolute atomic E-state index is 14.1.